The predicted octanol–water partition coefficient (Wildman–Crippen LogP) is 12.8. The summed E-state index contributed by atoms with van der Waals surface area (Å²) in [5.74, 6) is 2.41. The van der Waals surface area contributed by atoms with Gasteiger partial charge in [0.15, 0.2) is 0 Å². The Balaban J connectivity index is 0.958. The van der Waals surface area contributed by atoms with E-state index in [4.69, 9.17) is 9.72 Å². The van der Waals surface area contributed by atoms with Gasteiger partial charge in [0.2, 0.25) is 0 Å². The minimum atomic E-state index is -0.00335. The first-order valence-electron chi connectivity index (χ1n) is 21.4. The molecule has 0 atom stereocenters. The number of imidazole rings is 1. The molecule has 0 amide bonds. The van der Waals surface area contributed by atoms with Crippen LogP contribution in [0.2, 0.25) is 0 Å². The third-order valence-corrected chi connectivity index (χ3v) is 12.4. The maximum Gasteiger partial charge on any atom is 0.269 e. The first-order chi connectivity index (χ1) is 29.8. The van der Waals surface area contributed by atoms with Crippen LogP contribution < -0.4 is 9.30 Å². The molecule has 3 heterocycles. The number of rotatable bonds is 6. The second-order valence-corrected chi connectivity index (χ2v) is 17.4. The summed E-state index contributed by atoms with van der Waals surface area (Å²) in [6.45, 7) is 6.72. The Morgan fingerprint density at radius 2 is 1.30 bits per heavy atom. The molecule has 3 aromatic heterocycles. The smallest absolute Gasteiger partial charge is 0.269 e. The summed E-state index contributed by atoms with van der Waals surface area (Å²) in [6, 6.07) is 61.2. The Kier molecular flexibility index (Phi) is 8.93. The van der Waals surface area contributed by atoms with Gasteiger partial charge in [-0.05, 0) is 119 Å². The number of nitrogens with zero attached hydrogens (tertiary/aromatic N) is 4. The standard InChI is InChI=1S/C56H46N4O/c1-56(2,3)43-30-31-57-55(34-43)60-50-17-8-7-16-47(50)48-29-28-46(36-54(48)60)61-45-15-11-14-44(35-45)58-37-59(52-19-10-9-18-51(52)58)53-33-39-21-20-38-22-24-41(26-27-42(53)25-23-39)49(32-38)40-12-5-4-6-13-40/h4-19,22-25,28-36H,20-21,26-27H2,1-3H3. The van der Waals surface area contributed by atoms with Crippen molar-refractivity contribution in [3.8, 4) is 39.8 Å². The highest BCUT2D eigenvalue weighted by atomic mass is 16.5. The van der Waals surface area contributed by atoms with Gasteiger partial charge in [0.25, 0.3) is 6.33 Å². The second kappa shape index (κ2) is 14.8. The minimum absolute atomic E-state index is 0.00335. The van der Waals surface area contributed by atoms with E-state index in [1.165, 1.54) is 50.0 Å². The van der Waals surface area contributed by atoms with Gasteiger partial charge in [-0.1, -0.05) is 136 Å². The molecular formula is C56H46N4O. The number of pyridine rings is 1. The van der Waals surface area contributed by atoms with Crippen LogP contribution in [0.5, 0.6) is 11.5 Å². The van der Waals surface area contributed by atoms with Crippen molar-refractivity contribution in [2.24, 2.45) is 0 Å². The van der Waals surface area contributed by atoms with Crippen LogP contribution in [0.3, 0.4) is 0 Å². The Labute approximate surface area is 356 Å². The normalized spacial score (nSPS) is 12.9. The van der Waals surface area contributed by atoms with Crippen LogP contribution in [0.4, 0.5) is 0 Å². The third kappa shape index (κ3) is 6.76. The predicted molar refractivity (Wildman–Crippen MR) is 248 cm³/mol. The van der Waals surface area contributed by atoms with Crippen molar-refractivity contribution >= 4 is 32.8 Å². The summed E-state index contributed by atoms with van der Waals surface area (Å²) in [6.07, 6.45) is 9.54. The molecule has 0 aliphatic heterocycles. The Bertz CT molecular complexity index is 3270. The summed E-state index contributed by atoms with van der Waals surface area (Å²) in [7, 11) is 0. The average molecular weight is 791 g/mol. The van der Waals surface area contributed by atoms with E-state index in [9.17, 15) is 0 Å². The van der Waals surface area contributed by atoms with E-state index < -0.39 is 0 Å². The lowest BCUT2D eigenvalue weighted by Gasteiger charge is -2.20. The largest absolute Gasteiger partial charge is 0.458 e. The topological polar surface area (TPSA) is 35.9 Å². The molecule has 296 valence electrons. The van der Waals surface area contributed by atoms with Crippen LogP contribution in [0.15, 0.2) is 176 Å². The molecule has 0 spiro atoms. The van der Waals surface area contributed by atoms with Gasteiger partial charge in [-0.15, -0.1) is 0 Å². The fourth-order valence-electron chi connectivity index (χ4n) is 9.15. The van der Waals surface area contributed by atoms with Gasteiger partial charge in [0.1, 0.15) is 17.3 Å². The van der Waals surface area contributed by atoms with Crippen molar-refractivity contribution < 1.29 is 9.30 Å². The number of ether oxygens (including phenoxy) is 1. The highest BCUT2D eigenvalue weighted by molar-refractivity contribution is 6.09. The molecule has 0 fully saturated rings. The molecule has 5 nitrogen and oxygen atoms in total. The molecule has 0 unspecified atom stereocenters. The molecule has 0 radical (unpaired) electrons. The Morgan fingerprint density at radius 3 is 2.15 bits per heavy atom. The van der Waals surface area contributed by atoms with Crippen molar-refractivity contribution in [3.63, 3.8) is 0 Å². The van der Waals surface area contributed by atoms with E-state index >= 15 is 0 Å². The summed E-state index contributed by atoms with van der Waals surface area (Å²) in [5, 5.41) is 2.34. The van der Waals surface area contributed by atoms with Gasteiger partial charge < -0.3 is 4.74 Å². The van der Waals surface area contributed by atoms with Gasteiger partial charge in [0, 0.05) is 23.0 Å². The Hall–Kier alpha value is -7.24. The summed E-state index contributed by atoms with van der Waals surface area (Å²) >= 11 is 0. The zero-order valence-corrected chi connectivity index (χ0v) is 34.8. The quantitative estimate of drug-likeness (QED) is 0.124. The van der Waals surface area contributed by atoms with E-state index in [2.05, 4.69) is 205 Å². The fourth-order valence-corrected chi connectivity index (χ4v) is 9.15. The maximum absolute atomic E-state index is 6.72. The van der Waals surface area contributed by atoms with Crippen LogP contribution in [0.1, 0.15) is 48.6 Å². The van der Waals surface area contributed by atoms with E-state index in [0.717, 1.165) is 76.1 Å². The number of hydrogen-bond acceptors (Lipinski definition) is 2. The molecule has 7 aromatic carbocycles. The summed E-state index contributed by atoms with van der Waals surface area (Å²) in [5.41, 5.74) is 15.8. The SMILES string of the molecule is CC(C)(C)c1ccnc(-n2c3ccccc3c3ccc(Oc4cccc(-n5[c-][n+](-c6cc7ccc6CCc6ccc(cc6-c6ccccc6)CC7)c6ccccc65)c4)cc32)c1. The number of aryl methyl sites for hydroxylation is 4. The lowest BCUT2D eigenvalue weighted by atomic mass is 9.88. The van der Waals surface area contributed by atoms with Crippen LogP contribution in [-0.2, 0) is 31.1 Å². The monoisotopic (exact) mass is 790 g/mol. The number of aromatic nitrogens is 4. The van der Waals surface area contributed by atoms with Crippen molar-refractivity contribution in [2.75, 3.05) is 0 Å². The maximum atomic E-state index is 6.72. The first kappa shape index (κ1) is 36.8. The van der Waals surface area contributed by atoms with Gasteiger partial charge >= 0.3 is 0 Å². The number of benzene rings is 7. The van der Waals surface area contributed by atoms with Gasteiger partial charge in [-0.25, -0.2) is 4.98 Å². The Morgan fingerprint density at radius 1 is 0.574 bits per heavy atom. The third-order valence-electron chi connectivity index (χ3n) is 12.4. The van der Waals surface area contributed by atoms with Crippen molar-refractivity contribution in [1.82, 2.24) is 14.1 Å². The lowest BCUT2D eigenvalue weighted by molar-refractivity contribution is -0.573. The molecule has 4 aliphatic rings. The van der Waals surface area contributed by atoms with Crippen LogP contribution in [-0.4, -0.2) is 14.1 Å². The van der Waals surface area contributed by atoms with Crippen LogP contribution in [0, 0.1) is 6.33 Å². The van der Waals surface area contributed by atoms with Gasteiger partial charge in [-0.3, -0.25) is 13.7 Å². The first-order valence-corrected chi connectivity index (χ1v) is 21.4. The highest BCUT2D eigenvalue weighted by Gasteiger charge is 2.20. The van der Waals surface area contributed by atoms with E-state index in [1.54, 1.807) is 0 Å². The summed E-state index contributed by atoms with van der Waals surface area (Å²) in [4.78, 5) is 4.87. The lowest BCUT2D eigenvalue weighted by Crippen LogP contribution is -2.31. The summed E-state index contributed by atoms with van der Waals surface area (Å²) < 4.78 is 13.4. The van der Waals surface area contributed by atoms with Crippen molar-refractivity contribution in [1.29, 1.82) is 0 Å². The molecule has 10 aromatic rings. The molecular weight excluding hydrogens is 745 g/mol. The number of fused-ring (bicyclic) bond motifs is 4. The fraction of sp³-hybridized carbons (Fsp3) is 0.143. The molecule has 5 heteroatoms. The molecule has 0 N–H and O–H groups in total. The van der Waals surface area contributed by atoms with E-state index in [-0.39, 0.29) is 5.41 Å². The average Bonchev–Trinajstić information content (AvgIpc) is 3.83. The van der Waals surface area contributed by atoms with Crippen LogP contribution >= 0.6 is 0 Å². The van der Waals surface area contributed by atoms with Crippen LogP contribution in [0.25, 0.3) is 61.2 Å². The number of hydrogen-bond donors (Lipinski definition) is 0. The van der Waals surface area contributed by atoms with E-state index in [0.29, 0.717) is 0 Å². The molecule has 0 saturated heterocycles. The minimum Gasteiger partial charge on any atom is -0.458 e. The zero-order valence-electron chi connectivity index (χ0n) is 34.8. The highest BCUT2D eigenvalue weighted by Crippen LogP contribution is 2.37. The van der Waals surface area contributed by atoms with Gasteiger partial charge in [0.05, 0.1) is 33.4 Å². The molecule has 0 saturated carbocycles. The second-order valence-electron chi connectivity index (χ2n) is 17.4. The van der Waals surface area contributed by atoms with Crippen molar-refractivity contribution in [2.45, 2.75) is 51.9 Å². The molecule has 61 heavy (non-hydrogen) atoms. The zero-order chi connectivity index (χ0) is 41.1. The molecule has 14 rings (SSSR count). The van der Waals surface area contributed by atoms with E-state index in [1.807, 2.05) is 12.3 Å². The van der Waals surface area contributed by atoms with Crippen molar-refractivity contribution in [3.05, 3.63) is 210 Å². The molecule has 4 aliphatic carbocycles. The number of para-hydroxylation sites is 3. The molecule has 4 bridgehead atoms. The van der Waals surface area contributed by atoms with Gasteiger partial charge in [-0.2, -0.15) is 0 Å².